The summed E-state index contributed by atoms with van der Waals surface area (Å²) in [6.07, 6.45) is 4.66. The van der Waals surface area contributed by atoms with E-state index >= 15 is 0 Å². The van der Waals surface area contributed by atoms with Gasteiger partial charge in [0.1, 0.15) is 0 Å². The number of benzene rings is 2. The molecule has 9 heteroatoms. The number of hydrogen-bond donors (Lipinski definition) is 1. The molecule has 0 saturated carbocycles. The van der Waals surface area contributed by atoms with Gasteiger partial charge in [-0.2, -0.15) is 5.10 Å². The van der Waals surface area contributed by atoms with Gasteiger partial charge in [0, 0.05) is 32.9 Å². The number of likely N-dealkylation sites (tertiary alicyclic amines) is 1. The van der Waals surface area contributed by atoms with Gasteiger partial charge in [-0.15, -0.1) is 0 Å². The van der Waals surface area contributed by atoms with Gasteiger partial charge in [0.05, 0.1) is 27.1 Å². The quantitative estimate of drug-likeness (QED) is 0.582. The number of amides is 1. The van der Waals surface area contributed by atoms with E-state index in [0.29, 0.717) is 34.4 Å². The van der Waals surface area contributed by atoms with Gasteiger partial charge in [0.25, 0.3) is 0 Å². The molecule has 0 spiro atoms. The summed E-state index contributed by atoms with van der Waals surface area (Å²) in [5.74, 6) is 0.340. The second-order valence-electron chi connectivity index (χ2n) is 9.68. The maximum Gasteiger partial charge on any atom is 0.233 e. The standard InChI is InChI=1S/C26H31N5O3S/c1-29-13-6-7-18(17-29)15-20(26(32)27-25-12-14-30(2)28-25)19-10-11-24-22(16-19)31(3)21-8-4-5-9-23(21)35(24,33)34/h4-5,8-12,14,16,18,20H,6-7,13,15,17H2,1-3H3,(H,27,28,32). The number of aryl methyl sites for hydroxylation is 1. The van der Waals surface area contributed by atoms with E-state index in [0.717, 1.165) is 31.5 Å². The highest BCUT2D eigenvalue weighted by atomic mass is 32.2. The lowest BCUT2D eigenvalue weighted by Gasteiger charge is -2.33. The Morgan fingerprint density at radius 2 is 1.86 bits per heavy atom. The lowest BCUT2D eigenvalue weighted by Crippen LogP contribution is -2.34. The lowest BCUT2D eigenvalue weighted by molar-refractivity contribution is -0.118. The molecule has 2 unspecified atom stereocenters. The minimum absolute atomic E-state index is 0.126. The minimum atomic E-state index is -3.64. The fourth-order valence-corrected chi connectivity index (χ4v) is 7.03. The fourth-order valence-electron chi connectivity index (χ4n) is 5.34. The van der Waals surface area contributed by atoms with Gasteiger partial charge in [-0.3, -0.25) is 9.48 Å². The van der Waals surface area contributed by atoms with Crippen LogP contribution in [0.2, 0.25) is 0 Å². The number of hydrogen-bond acceptors (Lipinski definition) is 6. The van der Waals surface area contributed by atoms with Gasteiger partial charge in [-0.05, 0) is 68.6 Å². The molecular weight excluding hydrogens is 462 g/mol. The van der Waals surface area contributed by atoms with Crippen LogP contribution in [0.1, 0.15) is 30.7 Å². The van der Waals surface area contributed by atoms with Crippen LogP contribution in [-0.4, -0.2) is 56.2 Å². The van der Waals surface area contributed by atoms with Crippen molar-refractivity contribution in [3.05, 3.63) is 60.3 Å². The molecule has 3 aromatic rings. The van der Waals surface area contributed by atoms with E-state index in [1.807, 2.05) is 37.2 Å². The van der Waals surface area contributed by atoms with E-state index in [-0.39, 0.29) is 10.8 Å². The van der Waals surface area contributed by atoms with Crippen LogP contribution in [0, 0.1) is 5.92 Å². The Hall–Kier alpha value is -3.17. The first-order valence-electron chi connectivity index (χ1n) is 11.9. The molecule has 0 bridgehead atoms. The normalized spacial score (nSPS) is 20.1. The third-order valence-corrected chi connectivity index (χ3v) is 8.97. The average molecular weight is 494 g/mol. The van der Waals surface area contributed by atoms with Gasteiger partial charge >= 0.3 is 0 Å². The molecule has 2 atom stereocenters. The highest BCUT2D eigenvalue weighted by molar-refractivity contribution is 7.92. The summed E-state index contributed by atoms with van der Waals surface area (Å²) in [7, 11) is 2.16. The van der Waals surface area contributed by atoms with Crippen LogP contribution in [0.5, 0.6) is 0 Å². The fraction of sp³-hybridized carbons (Fsp3) is 0.385. The highest BCUT2D eigenvalue weighted by Crippen LogP contribution is 2.44. The molecule has 1 fully saturated rings. The number of rotatable bonds is 5. The summed E-state index contributed by atoms with van der Waals surface area (Å²) in [6, 6.07) is 14.1. The predicted molar refractivity (Wildman–Crippen MR) is 136 cm³/mol. The molecule has 1 amide bonds. The number of aromatic nitrogens is 2. The van der Waals surface area contributed by atoms with Crippen molar-refractivity contribution < 1.29 is 13.2 Å². The maximum atomic E-state index is 13.5. The number of para-hydroxylation sites is 1. The van der Waals surface area contributed by atoms with Crippen LogP contribution in [0.25, 0.3) is 0 Å². The molecule has 1 N–H and O–H groups in total. The summed E-state index contributed by atoms with van der Waals surface area (Å²) in [6.45, 7) is 2.02. The van der Waals surface area contributed by atoms with Crippen molar-refractivity contribution in [1.29, 1.82) is 0 Å². The second kappa shape index (κ2) is 9.13. The number of carbonyl (C=O) groups is 1. The van der Waals surface area contributed by atoms with Crippen LogP contribution < -0.4 is 10.2 Å². The zero-order valence-electron chi connectivity index (χ0n) is 20.3. The first-order chi connectivity index (χ1) is 16.7. The van der Waals surface area contributed by atoms with E-state index in [1.54, 1.807) is 41.2 Å². The molecule has 5 rings (SSSR count). The smallest absolute Gasteiger partial charge is 0.233 e. The molecule has 1 aromatic heterocycles. The van der Waals surface area contributed by atoms with Crippen LogP contribution in [0.4, 0.5) is 17.2 Å². The van der Waals surface area contributed by atoms with Crippen molar-refractivity contribution in [2.24, 2.45) is 13.0 Å². The van der Waals surface area contributed by atoms with Gasteiger partial charge < -0.3 is 15.1 Å². The van der Waals surface area contributed by atoms with E-state index in [1.165, 1.54) is 0 Å². The van der Waals surface area contributed by atoms with E-state index < -0.39 is 15.8 Å². The number of carbonyl (C=O) groups excluding carboxylic acids is 1. The summed E-state index contributed by atoms with van der Waals surface area (Å²) < 4.78 is 28.3. The Morgan fingerprint density at radius 3 is 2.60 bits per heavy atom. The first-order valence-corrected chi connectivity index (χ1v) is 13.4. The van der Waals surface area contributed by atoms with E-state index in [2.05, 4.69) is 22.4 Å². The molecule has 2 aliphatic heterocycles. The molecular formula is C26H31N5O3S. The van der Waals surface area contributed by atoms with Gasteiger partial charge in [-0.1, -0.05) is 18.2 Å². The minimum Gasteiger partial charge on any atom is -0.342 e. The molecule has 0 aliphatic carbocycles. The zero-order valence-corrected chi connectivity index (χ0v) is 21.1. The number of nitrogens with zero attached hydrogens (tertiary/aromatic N) is 4. The monoisotopic (exact) mass is 493 g/mol. The van der Waals surface area contributed by atoms with Crippen molar-refractivity contribution in [1.82, 2.24) is 14.7 Å². The Bertz CT molecular complexity index is 1370. The summed E-state index contributed by atoms with van der Waals surface area (Å²) in [4.78, 5) is 18.3. The number of fused-ring (bicyclic) bond motifs is 2. The molecule has 2 aliphatic rings. The number of sulfone groups is 1. The summed E-state index contributed by atoms with van der Waals surface area (Å²) >= 11 is 0. The van der Waals surface area contributed by atoms with Crippen molar-refractivity contribution in [2.75, 3.05) is 37.4 Å². The lowest BCUT2D eigenvalue weighted by atomic mass is 9.84. The third kappa shape index (κ3) is 4.46. The molecule has 2 aromatic carbocycles. The third-order valence-electron chi connectivity index (χ3n) is 7.12. The molecule has 1 saturated heterocycles. The highest BCUT2D eigenvalue weighted by Gasteiger charge is 2.34. The molecule has 8 nitrogen and oxygen atoms in total. The topological polar surface area (TPSA) is 87.5 Å². The summed E-state index contributed by atoms with van der Waals surface area (Å²) in [5.41, 5.74) is 2.05. The summed E-state index contributed by atoms with van der Waals surface area (Å²) in [5, 5.41) is 7.27. The zero-order chi connectivity index (χ0) is 24.7. The number of piperidine rings is 1. The van der Waals surface area contributed by atoms with Gasteiger partial charge in [0.15, 0.2) is 5.82 Å². The molecule has 0 radical (unpaired) electrons. The van der Waals surface area contributed by atoms with Crippen molar-refractivity contribution in [3.63, 3.8) is 0 Å². The second-order valence-corrected chi connectivity index (χ2v) is 11.6. The van der Waals surface area contributed by atoms with Crippen LogP contribution >= 0.6 is 0 Å². The maximum absolute atomic E-state index is 13.5. The van der Waals surface area contributed by atoms with Crippen LogP contribution in [0.3, 0.4) is 0 Å². The van der Waals surface area contributed by atoms with Crippen molar-refractivity contribution in [2.45, 2.75) is 35.0 Å². The van der Waals surface area contributed by atoms with E-state index in [4.69, 9.17) is 0 Å². The molecule has 184 valence electrons. The van der Waals surface area contributed by atoms with Crippen molar-refractivity contribution >= 4 is 32.9 Å². The van der Waals surface area contributed by atoms with Gasteiger partial charge in [-0.25, -0.2) is 8.42 Å². The number of anilines is 3. The Kier molecular flexibility index (Phi) is 6.14. The first kappa shape index (κ1) is 23.6. The Morgan fingerprint density at radius 1 is 1.09 bits per heavy atom. The average Bonchev–Trinajstić information content (AvgIpc) is 3.25. The van der Waals surface area contributed by atoms with Crippen LogP contribution in [0.15, 0.2) is 64.5 Å². The van der Waals surface area contributed by atoms with Crippen molar-refractivity contribution in [3.8, 4) is 0 Å². The van der Waals surface area contributed by atoms with Gasteiger partial charge in [0.2, 0.25) is 15.7 Å². The Labute approximate surface area is 206 Å². The SMILES string of the molecule is CN1CCCC(CC(C(=O)Nc2ccn(C)n2)c2ccc3c(c2)N(C)c2ccccc2S3(=O)=O)C1. The van der Waals surface area contributed by atoms with E-state index in [9.17, 15) is 13.2 Å². The number of nitrogens with one attached hydrogen (secondary N) is 1. The predicted octanol–water partition coefficient (Wildman–Crippen LogP) is 3.79. The Balaban J connectivity index is 1.52. The largest absolute Gasteiger partial charge is 0.342 e. The van der Waals surface area contributed by atoms with Crippen LogP contribution in [-0.2, 0) is 21.7 Å². The molecule has 35 heavy (non-hydrogen) atoms. The molecule has 3 heterocycles.